The van der Waals surface area contributed by atoms with Crippen molar-refractivity contribution in [3.8, 4) is 0 Å². The van der Waals surface area contributed by atoms with Gasteiger partial charge in [-0.1, -0.05) is 13.0 Å². The Hall–Kier alpha value is -2.11. The molecular formula is C20H28N4O2. The van der Waals surface area contributed by atoms with E-state index in [0.717, 1.165) is 38.8 Å². The Morgan fingerprint density at radius 3 is 2.77 bits per heavy atom. The molecule has 3 aliphatic rings. The lowest BCUT2D eigenvalue weighted by Gasteiger charge is -2.32. The summed E-state index contributed by atoms with van der Waals surface area (Å²) in [6, 6.07) is 4.47. The fraction of sp³-hybridized carbons (Fsp3) is 0.650. The van der Waals surface area contributed by atoms with Crippen molar-refractivity contribution in [1.29, 1.82) is 0 Å². The molecular weight excluding hydrogens is 328 g/mol. The largest absolute Gasteiger partial charge is 0.337 e. The molecule has 1 aliphatic carbocycles. The highest BCUT2D eigenvalue weighted by Gasteiger charge is 2.45. The zero-order valence-electron chi connectivity index (χ0n) is 15.4. The van der Waals surface area contributed by atoms with Gasteiger partial charge in [-0.25, -0.2) is 4.79 Å². The second-order valence-corrected chi connectivity index (χ2v) is 8.17. The summed E-state index contributed by atoms with van der Waals surface area (Å²) in [6.07, 6.45) is 8.38. The highest BCUT2D eigenvalue weighted by Crippen LogP contribution is 2.37. The number of nitrogens with zero attached hydrogens (tertiary/aromatic N) is 3. The Balaban J connectivity index is 1.22. The van der Waals surface area contributed by atoms with Crippen molar-refractivity contribution in [1.82, 2.24) is 20.1 Å². The van der Waals surface area contributed by atoms with E-state index in [-0.39, 0.29) is 18.0 Å². The minimum absolute atomic E-state index is 0.00618. The van der Waals surface area contributed by atoms with Crippen LogP contribution < -0.4 is 5.32 Å². The van der Waals surface area contributed by atoms with Gasteiger partial charge in [-0.15, -0.1) is 0 Å². The number of carbonyl (C=O) groups is 2. The molecule has 26 heavy (non-hydrogen) atoms. The topological polar surface area (TPSA) is 65.5 Å². The lowest BCUT2D eigenvalue weighted by molar-refractivity contribution is -0.128. The monoisotopic (exact) mass is 356 g/mol. The van der Waals surface area contributed by atoms with Crippen LogP contribution in [0.5, 0.6) is 0 Å². The molecule has 2 aliphatic heterocycles. The highest BCUT2D eigenvalue weighted by atomic mass is 16.2. The quantitative estimate of drug-likeness (QED) is 0.898. The van der Waals surface area contributed by atoms with E-state index >= 15 is 0 Å². The minimum atomic E-state index is -0.0316. The van der Waals surface area contributed by atoms with E-state index in [1.807, 2.05) is 22.1 Å². The van der Waals surface area contributed by atoms with Crippen molar-refractivity contribution < 1.29 is 9.59 Å². The summed E-state index contributed by atoms with van der Waals surface area (Å²) < 4.78 is 0. The number of hydrogen-bond donors (Lipinski definition) is 1. The van der Waals surface area contributed by atoms with Crippen LogP contribution in [0.1, 0.15) is 38.2 Å². The predicted molar refractivity (Wildman–Crippen MR) is 98.5 cm³/mol. The summed E-state index contributed by atoms with van der Waals surface area (Å²) in [5, 5.41) is 3.09. The van der Waals surface area contributed by atoms with E-state index in [0.29, 0.717) is 30.8 Å². The fourth-order valence-electron chi connectivity index (χ4n) is 4.34. The third-order valence-electron chi connectivity index (χ3n) is 6.10. The van der Waals surface area contributed by atoms with E-state index in [1.54, 1.807) is 6.20 Å². The van der Waals surface area contributed by atoms with Crippen LogP contribution in [0.25, 0.3) is 0 Å². The van der Waals surface area contributed by atoms with Crippen molar-refractivity contribution in [2.24, 2.45) is 11.8 Å². The van der Waals surface area contributed by atoms with Gasteiger partial charge in [0.1, 0.15) is 0 Å². The first-order valence-corrected chi connectivity index (χ1v) is 9.84. The SMILES string of the molecule is CC1CC1N1CC(NC(=O)N2CCC(Cc3cccnc3)CC2)CC1=O. The summed E-state index contributed by atoms with van der Waals surface area (Å²) in [6.45, 7) is 4.44. The smallest absolute Gasteiger partial charge is 0.317 e. The Bertz CT molecular complexity index is 657. The molecule has 2 saturated heterocycles. The Morgan fingerprint density at radius 1 is 1.35 bits per heavy atom. The summed E-state index contributed by atoms with van der Waals surface area (Å²) in [7, 11) is 0. The molecule has 0 radical (unpaired) electrons. The first-order chi connectivity index (χ1) is 12.6. The molecule has 1 aromatic heterocycles. The van der Waals surface area contributed by atoms with Gasteiger partial charge in [0.15, 0.2) is 0 Å². The lowest BCUT2D eigenvalue weighted by Crippen LogP contribution is -2.48. The second kappa shape index (κ2) is 7.25. The average Bonchev–Trinajstić information content (AvgIpc) is 3.25. The number of pyridine rings is 1. The molecule has 3 atom stereocenters. The van der Waals surface area contributed by atoms with Gasteiger partial charge in [0, 0.05) is 44.5 Å². The molecule has 1 aromatic rings. The minimum Gasteiger partial charge on any atom is -0.337 e. The zero-order valence-corrected chi connectivity index (χ0v) is 15.4. The molecule has 1 N–H and O–H groups in total. The van der Waals surface area contributed by atoms with Gasteiger partial charge < -0.3 is 15.1 Å². The summed E-state index contributed by atoms with van der Waals surface area (Å²) >= 11 is 0. The molecule has 6 heteroatoms. The molecule has 140 valence electrons. The van der Waals surface area contributed by atoms with Gasteiger partial charge in [0.2, 0.25) is 5.91 Å². The maximum Gasteiger partial charge on any atom is 0.317 e. The molecule has 0 spiro atoms. The van der Waals surface area contributed by atoms with Gasteiger partial charge in [-0.05, 0) is 49.1 Å². The first kappa shape index (κ1) is 17.3. The highest BCUT2D eigenvalue weighted by molar-refractivity contribution is 5.82. The van der Waals surface area contributed by atoms with Crippen molar-refractivity contribution >= 4 is 11.9 Å². The third-order valence-corrected chi connectivity index (χ3v) is 6.10. The van der Waals surface area contributed by atoms with Gasteiger partial charge in [-0.3, -0.25) is 9.78 Å². The standard InChI is InChI=1S/C20H28N4O2/c1-14-9-18(14)24-13-17(11-19(24)25)22-20(26)23-7-4-15(5-8-23)10-16-3-2-6-21-12-16/h2-3,6,12,14-15,17-18H,4-5,7-11,13H2,1H3,(H,22,26). The molecule has 3 heterocycles. The lowest BCUT2D eigenvalue weighted by atomic mass is 9.91. The second-order valence-electron chi connectivity index (χ2n) is 8.17. The maximum atomic E-state index is 12.6. The number of urea groups is 1. The van der Waals surface area contributed by atoms with Crippen LogP contribution in [0.3, 0.4) is 0 Å². The number of likely N-dealkylation sites (tertiary alicyclic amines) is 2. The van der Waals surface area contributed by atoms with Crippen LogP contribution in [0.2, 0.25) is 0 Å². The number of piperidine rings is 1. The molecule has 3 unspecified atom stereocenters. The zero-order chi connectivity index (χ0) is 18.1. The predicted octanol–water partition coefficient (Wildman–Crippen LogP) is 2.05. The van der Waals surface area contributed by atoms with E-state index in [4.69, 9.17) is 0 Å². The normalized spacial score (nSPS) is 29.1. The van der Waals surface area contributed by atoms with E-state index < -0.39 is 0 Å². The molecule has 0 bridgehead atoms. The molecule has 4 rings (SSSR count). The van der Waals surface area contributed by atoms with E-state index in [2.05, 4.69) is 23.3 Å². The first-order valence-electron chi connectivity index (χ1n) is 9.84. The molecule has 3 fully saturated rings. The molecule has 0 aromatic carbocycles. The molecule has 1 saturated carbocycles. The number of amides is 3. The van der Waals surface area contributed by atoms with Crippen molar-refractivity contribution in [3.05, 3.63) is 30.1 Å². The van der Waals surface area contributed by atoms with Gasteiger partial charge in [0.05, 0.1) is 6.04 Å². The van der Waals surface area contributed by atoms with Crippen molar-refractivity contribution in [2.45, 2.75) is 51.1 Å². The summed E-state index contributed by atoms with van der Waals surface area (Å²) in [4.78, 5) is 32.8. The van der Waals surface area contributed by atoms with E-state index in [9.17, 15) is 9.59 Å². The number of rotatable bonds is 4. The third kappa shape index (κ3) is 3.84. The van der Waals surface area contributed by atoms with Crippen LogP contribution in [0.15, 0.2) is 24.5 Å². The van der Waals surface area contributed by atoms with Crippen LogP contribution in [-0.4, -0.2) is 58.4 Å². The Labute approximate surface area is 155 Å². The number of aromatic nitrogens is 1. The number of hydrogen-bond acceptors (Lipinski definition) is 3. The van der Waals surface area contributed by atoms with E-state index in [1.165, 1.54) is 5.56 Å². The van der Waals surface area contributed by atoms with Gasteiger partial charge >= 0.3 is 6.03 Å². The van der Waals surface area contributed by atoms with Crippen LogP contribution in [0.4, 0.5) is 4.79 Å². The Kier molecular flexibility index (Phi) is 4.83. The van der Waals surface area contributed by atoms with Gasteiger partial charge in [-0.2, -0.15) is 0 Å². The number of carbonyl (C=O) groups excluding carboxylic acids is 2. The number of nitrogens with one attached hydrogen (secondary N) is 1. The fourth-order valence-corrected chi connectivity index (χ4v) is 4.34. The summed E-state index contributed by atoms with van der Waals surface area (Å²) in [5.74, 6) is 1.43. The Morgan fingerprint density at radius 2 is 2.12 bits per heavy atom. The maximum absolute atomic E-state index is 12.6. The van der Waals surface area contributed by atoms with Crippen molar-refractivity contribution in [3.63, 3.8) is 0 Å². The molecule has 3 amide bonds. The van der Waals surface area contributed by atoms with Crippen LogP contribution in [-0.2, 0) is 11.2 Å². The van der Waals surface area contributed by atoms with Gasteiger partial charge in [0.25, 0.3) is 0 Å². The van der Waals surface area contributed by atoms with Crippen LogP contribution in [0, 0.1) is 11.8 Å². The summed E-state index contributed by atoms with van der Waals surface area (Å²) in [5.41, 5.74) is 1.27. The van der Waals surface area contributed by atoms with Crippen molar-refractivity contribution in [2.75, 3.05) is 19.6 Å². The van der Waals surface area contributed by atoms with Crippen LogP contribution >= 0.6 is 0 Å². The average molecular weight is 356 g/mol. The molecule has 6 nitrogen and oxygen atoms in total.